The van der Waals surface area contributed by atoms with Gasteiger partial charge < -0.3 is 4.74 Å². The molecule has 0 bridgehead atoms. The summed E-state index contributed by atoms with van der Waals surface area (Å²) in [6.45, 7) is 0. The van der Waals surface area contributed by atoms with Crippen molar-refractivity contribution in [3.63, 3.8) is 0 Å². The summed E-state index contributed by atoms with van der Waals surface area (Å²) in [6.07, 6.45) is 14.1. The van der Waals surface area contributed by atoms with E-state index in [0.29, 0.717) is 0 Å². The monoisotopic (exact) mass is 258 g/mol. The fourth-order valence-corrected chi connectivity index (χ4v) is 2.85. The van der Waals surface area contributed by atoms with Crippen LogP contribution in [-0.4, -0.2) is 13.2 Å². The maximum Gasteiger partial charge on any atom is 0.0755 e. The third-order valence-electron chi connectivity index (χ3n) is 4.11. The largest absolute Gasteiger partial charge is 0.377 e. The molecular formula is C18H26O. The van der Waals surface area contributed by atoms with Crippen molar-refractivity contribution in [1.29, 1.82) is 0 Å². The van der Waals surface area contributed by atoms with Gasteiger partial charge in [-0.3, -0.25) is 0 Å². The minimum atomic E-state index is 0.266. The van der Waals surface area contributed by atoms with E-state index in [-0.39, 0.29) is 6.10 Å². The van der Waals surface area contributed by atoms with Crippen LogP contribution in [0.25, 0.3) is 0 Å². The highest BCUT2D eigenvalue weighted by Gasteiger charge is 2.11. The van der Waals surface area contributed by atoms with Crippen LogP contribution in [0.4, 0.5) is 0 Å². The minimum absolute atomic E-state index is 0.266. The zero-order chi connectivity index (χ0) is 13.3. The molecule has 2 rings (SSSR count). The summed E-state index contributed by atoms with van der Waals surface area (Å²) in [4.78, 5) is 0. The molecule has 1 nitrogen and oxygen atoms in total. The van der Waals surface area contributed by atoms with Crippen molar-refractivity contribution in [1.82, 2.24) is 0 Å². The second kappa shape index (κ2) is 8.16. The molecule has 1 heteroatoms. The van der Waals surface area contributed by atoms with Crippen molar-refractivity contribution < 1.29 is 4.74 Å². The van der Waals surface area contributed by atoms with Gasteiger partial charge in [-0.1, -0.05) is 61.7 Å². The molecule has 1 atom stereocenters. The topological polar surface area (TPSA) is 9.23 Å². The molecule has 1 aliphatic rings. The van der Waals surface area contributed by atoms with E-state index in [1.54, 1.807) is 0 Å². The van der Waals surface area contributed by atoms with E-state index in [2.05, 4.69) is 42.5 Å². The highest BCUT2D eigenvalue weighted by atomic mass is 16.5. The quantitative estimate of drug-likeness (QED) is 0.668. The molecule has 0 aliphatic heterocycles. The van der Waals surface area contributed by atoms with Gasteiger partial charge in [-0.2, -0.15) is 0 Å². The number of allylic oxidation sites excluding steroid dienone is 1. The Morgan fingerprint density at radius 2 is 1.89 bits per heavy atom. The van der Waals surface area contributed by atoms with Crippen LogP contribution in [0.1, 0.15) is 44.1 Å². The molecule has 1 aliphatic carbocycles. The van der Waals surface area contributed by atoms with Gasteiger partial charge >= 0.3 is 0 Å². The van der Waals surface area contributed by atoms with Gasteiger partial charge in [-0.25, -0.2) is 0 Å². The van der Waals surface area contributed by atoms with Crippen molar-refractivity contribution in [2.75, 3.05) is 7.11 Å². The Morgan fingerprint density at radius 1 is 1.16 bits per heavy atom. The lowest BCUT2D eigenvalue weighted by Crippen LogP contribution is -2.10. The summed E-state index contributed by atoms with van der Waals surface area (Å²) in [5.41, 5.74) is 1.40. The first kappa shape index (κ1) is 14.3. The lowest BCUT2D eigenvalue weighted by atomic mass is 9.88. The lowest BCUT2D eigenvalue weighted by Gasteiger charge is -2.19. The molecule has 0 spiro atoms. The van der Waals surface area contributed by atoms with Gasteiger partial charge in [0.05, 0.1) is 6.10 Å². The average Bonchev–Trinajstić information content (AvgIpc) is 2.49. The maximum atomic E-state index is 5.58. The zero-order valence-electron chi connectivity index (χ0n) is 12.1. The number of ether oxygens (including phenoxy) is 1. The fraction of sp³-hybridized carbons (Fsp3) is 0.556. The zero-order valence-corrected chi connectivity index (χ0v) is 12.1. The highest BCUT2D eigenvalue weighted by molar-refractivity contribution is 5.15. The molecular weight excluding hydrogens is 232 g/mol. The number of benzene rings is 1. The minimum Gasteiger partial charge on any atom is -0.377 e. The van der Waals surface area contributed by atoms with Gasteiger partial charge in [0.2, 0.25) is 0 Å². The molecule has 0 radical (unpaired) electrons. The maximum absolute atomic E-state index is 5.58. The van der Waals surface area contributed by atoms with E-state index in [0.717, 1.165) is 18.8 Å². The van der Waals surface area contributed by atoms with Gasteiger partial charge in [0.1, 0.15) is 0 Å². The predicted octanol–water partition coefficient (Wildman–Crippen LogP) is 4.77. The van der Waals surface area contributed by atoms with Crippen LogP contribution in [-0.2, 0) is 11.2 Å². The molecule has 0 saturated heterocycles. The molecule has 1 aromatic rings. The summed E-state index contributed by atoms with van der Waals surface area (Å²) in [7, 11) is 1.82. The Kier molecular flexibility index (Phi) is 6.16. The third-order valence-corrected chi connectivity index (χ3v) is 4.11. The summed E-state index contributed by atoms with van der Waals surface area (Å²) < 4.78 is 5.58. The van der Waals surface area contributed by atoms with Crippen LogP contribution in [0, 0.1) is 5.92 Å². The van der Waals surface area contributed by atoms with Crippen LogP contribution in [0.5, 0.6) is 0 Å². The second-order valence-electron chi connectivity index (χ2n) is 5.58. The number of hydrogen-bond donors (Lipinski definition) is 0. The molecule has 1 aromatic carbocycles. The third kappa shape index (κ3) is 5.20. The smallest absolute Gasteiger partial charge is 0.0755 e. The van der Waals surface area contributed by atoms with E-state index in [1.165, 1.54) is 37.7 Å². The Balaban J connectivity index is 1.77. The van der Waals surface area contributed by atoms with Gasteiger partial charge in [0.25, 0.3) is 0 Å². The Labute approximate surface area is 117 Å². The van der Waals surface area contributed by atoms with Crippen LogP contribution in [0.2, 0.25) is 0 Å². The molecule has 19 heavy (non-hydrogen) atoms. The number of aryl methyl sites for hydroxylation is 1. The van der Waals surface area contributed by atoms with Crippen LogP contribution in [0.3, 0.4) is 0 Å². The van der Waals surface area contributed by atoms with Gasteiger partial charge in [0.15, 0.2) is 0 Å². The summed E-state index contributed by atoms with van der Waals surface area (Å²) in [6, 6.07) is 10.7. The van der Waals surface area contributed by atoms with Crippen molar-refractivity contribution >= 4 is 0 Å². The molecule has 104 valence electrons. The number of hydrogen-bond acceptors (Lipinski definition) is 1. The van der Waals surface area contributed by atoms with E-state index >= 15 is 0 Å². The first-order valence-electron chi connectivity index (χ1n) is 7.63. The van der Waals surface area contributed by atoms with E-state index in [1.807, 2.05) is 7.11 Å². The number of rotatable bonds is 6. The summed E-state index contributed by atoms with van der Waals surface area (Å²) >= 11 is 0. The van der Waals surface area contributed by atoms with Crippen molar-refractivity contribution in [3.8, 4) is 0 Å². The normalized spacial score (nSPS) is 18.8. The van der Waals surface area contributed by atoms with Gasteiger partial charge in [0, 0.05) is 7.11 Å². The average molecular weight is 258 g/mol. The predicted molar refractivity (Wildman–Crippen MR) is 81.3 cm³/mol. The Bertz CT molecular complexity index is 363. The fourth-order valence-electron chi connectivity index (χ4n) is 2.85. The molecule has 1 fully saturated rings. The van der Waals surface area contributed by atoms with Gasteiger partial charge in [-0.05, 0) is 37.2 Å². The first-order valence-corrected chi connectivity index (χ1v) is 7.63. The summed E-state index contributed by atoms with van der Waals surface area (Å²) in [5, 5.41) is 0. The molecule has 0 N–H and O–H groups in total. The summed E-state index contributed by atoms with van der Waals surface area (Å²) in [5.74, 6) is 0.795. The van der Waals surface area contributed by atoms with Crippen molar-refractivity contribution in [2.24, 2.45) is 5.92 Å². The lowest BCUT2D eigenvalue weighted by molar-refractivity contribution is 0.133. The van der Waals surface area contributed by atoms with Crippen LogP contribution >= 0.6 is 0 Å². The van der Waals surface area contributed by atoms with E-state index in [9.17, 15) is 0 Å². The highest BCUT2D eigenvalue weighted by Crippen LogP contribution is 2.25. The molecule has 0 amide bonds. The molecule has 1 saturated carbocycles. The molecule has 0 unspecified atom stereocenters. The van der Waals surface area contributed by atoms with E-state index < -0.39 is 0 Å². The standard InChI is InChI=1S/C18H26O/c1-19-18(14-12-16-8-4-2-5-9-16)15-13-17-10-6-3-7-11-17/h2,4-5,8-9,13,15,17-18H,3,6-7,10-12,14H2,1H3/b15-13+/t18-/m1/s1. The Morgan fingerprint density at radius 3 is 2.58 bits per heavy atom. The van der Waals surface area contributed by atoms with Crippen molar-refractivity contribution in [2.45, 2.75) is 51.0 Å². The van der Waals surface area contributed by atoms with Gasteiger partial charge in [-0.15, -0.1) is 0 Å². The Hall–Kier alpha value is -1.08. The second-order valence-corrected chi connectivity index (χ2v) is 5.58. The van der Waals surface area contributed by atoms with Crippen molar-refractivity contribution in [3.05, 3.63) is 48.0 Å². The molecule has 0 heterocycles. The first-order chi connectivity index (χ1) is 9.38. The van der Waals surface area contributed by atoms with E-state index in [4.69, 9.17) is 4.74 Å². The number of methoxy groups -OCH3 is 1. The van der Waals surface area contributed by atoms with Crippen LogP contribution in [0.15, 0.2) is 42.5 Å². The van der Waals surface area contributed by atoms with Crippen LogP contribution < -0.4 is 0 Å². The molecule has 0 aromatic heterocycles. The SMILES string of the molecule is CO[C@@H](/C=C/C1CCCCC1)CCc1ccccc1.